The molecule has 0 atom stereocenters. The van der Waals surface area contributed by atoms with E-state index in [1.165, 1.54) is 8.96 Å². The molecule has 0 fully saturated rings. The zero-order valence-electron chi connectivity index (χ0n) is 9.28. The summed E-state index contributed by atoms with van der Waals surface area (Å²) in [5.41, 5.74) is 0.538. The predicted molar refractivity (Wildman–Crippen MR) is 84.4 cm³/mol. The van der Waals surface area contributed by atoms with Gasteiger partial charge in [0.25, 0.3) is 5.24 Å². The smallest absolute Gasteiger partial charge is 0.252 e. The summed E-state index contributed by atoms with van der Waals surface area (Å²) in [6.45, 7) is 0. The quantitative estimate of drug-likeness (QED) is 0.337. The fraction of sp³-hybridized carbons (Fsp3) is 0. The summed E-state index contributed by atoms with van der Waals surface area (Å²) < 4.78 is 1.21. The third kappa shape index (κ3) is 1.89. The molecule has 0 radical (unpaired) electrons. The Morgan fingerprint density at radius 1 is 0.944 bits per heavy atom. The van der Waals surface area contributed by atoms with Crippen LogP contribution in [0.5, 0.6) is 0 Å². The monoisotopic (exact) mass is 366 g/mol. The fourth-order valence-corrected chi connectivity index (χ4v) is 3.10. The summed E-state index contributed by atoms with van der Waals surface area (Å²) in [4.78, 5) is 11.3. The molecule has 3 heteroatoms. The first kappa shape index (κ1) is 11.9. The Morgan fingerprint density at radius 2 is 1.67 bits per heavy atom. The fourth-order valence-electron chi connectivity index (χ4n) is 2.18. The summed E-state index contributed by atoms with van der Waals surface area (Å²) >= 11 is 7.88. The molecule has 0 saturated heterocycles. The van der Waals surface area contributed by atoms with Gasteiger partial charge in [0.15, 0.2) is 0 Å². The van der Waals surface area contributed by atoms with E-state index in [-0.39, 0.29) is 0 Å². The van der Waals surface area contributed by atoms with Gasteiger partial charge in [-0.3, -0.25) is 4.79 Å². The van der Waals surface area contributed by atoms with Crippen molar-refractivity contribution in [2.24, 2.45) is 0 Å². The van der Waals surface area contributed by atoms with Crippen molar-refractivity contribution in [3.05, 3.63) is 57.7 Å². The molecule has 0 spiro atoms. The maximum absolute atomic E-state index is 11.3. The van der Waals surface area contributed by atoms with Crippen LogP contribution >= 0.6 is 34.2 Å². The van der Waals surface area contributed by atoms with Gasteiger partial charge in [0, 0.05) is 9.13 Å². The van der Waals surface area contributed by atoms with E-state index in [1.807, 2.05) is 24.3 Å². The molecular formula is C15H8ClIO. The first-order valence-electron chi connectivity index (χ1n) is 5.47. The lowest BCUT2D eigenvalue weighted by molar-refractivity contribution is 0.108. The summed E-state index contributed by atoms with van der Waals surface area (Å²) in [5.74, 6) is 0. The molecule has 0 aromatic heterocycles. The molecule has 3 aromatic carbocycles. The number of carbonyl (C=O) groups excluding carboxylic acids is 1. The SMILES string of the molecule is O=C(Cl)c1ccc2cc(I)c3ccccc3c2c1. The zero-order chi connectivity index (χ0) is 12.7. The van der Waals surface area contributed by atoms with Gasteiger partial charge in [-0.1, -0.05) is 30.3 Å². The van der Waals surface area contributed by atoms with E-state index in [0.29, 0.717) is 5.56 Å². The van der Waals surface area contributed by atoms with E-state index >= 15 is 0 Å². The Balaban J connectivity index is 2.50. The van der Waals surface area contributed by atoms with Gasteiger partial charge < -0.3 is 0 Å². The van der Waals surface area contributed by atoms with Gasteiger partial charge in [-0.15, -0.1) is 0 Å². The normalized spacial score (nSPS) is 11.0. The van der Waals surface area contributed by atoms with Gasteiger partial charge in [-0.05, 0) is 73.9 Å². The third-order valence-electron chi connectivity index (χ3n) is 3.04. The molecule has 88 valence electrons. The molecule has 0 amide bonds. The maximum atomic E-state index is 11.3. The second-order valence-electron chi connectivity index (χ2n) is 4.11. The average molecular weight is 367 g/mol. The second-order valence-corrected chi connectivity index (χ2v) is 5.62. The molecule has 0 bridgehead atoms. The minimum absolute atomic E-state index is 0.417. The molecule has 0 N–H and O–H groups in total. The lowest BCUT2D eigenvalue weighted by atomic mass is 10.0. The highest BCUT2D eigenvalue weighted by Gasteiger charge is 2.07. The highest BCUT2D eigenvalue weighted by molar-refractivity contribution is 14.1. The van der Waals surface area contributed by atoms with Crippen LogP contribution in [0.15, 0.2) is 48.5 Å². The van der Waals surface area contributed by atoms with Crippen molar-refractivity contribution in [3.63, 3.8) is 0 Å². The molecule has 0 aliphatic heterocycles. The van der Waals surface area contributed by atoms with Crippen LogP contribution in [0.4, 0.5) is 0 Å². The summed E-state index contributed by atoms with van der Waals surface area (Å²) in [6.07, 6.45) is 0. The highest BCUT2D eigenvalue weighted by atomic mass is 127. The predicted octanol–water partition coefficient (Wildman–Crippen LogP) is 4.98. The van der Waals surface area contributed by atoms with Crippen LogP contribution in [0.3, 0.4) is 0 Å². The maximum Gasteiger partial charge on any atom is 0.252 e. The Hall–Kier alpha value is -1.13. The van der Waals surface area contributed by atoms with Crippen LogP contribution in [0.25, 0.3) is 21.5 Å². The molecule has 3 aromatic rings. The number of hydrogen-bond acceptors (Lipinski definition) is 1. The summed E-state index contributed by atoms with van der Waals surface area (Å²) in [5, 5.41) is 4.13. The van der Waals surface area contributed by atoms with E-state index in [0.717, 1.165) is 16.2 Å². The van der Waals surface area contributed by atoms with Crippen LogP contribution < -0.4 is 0 Å². The number of rotatable bonds is 1. The lowest BCUT2D eigenvalue weighted by Crippen LogP contribution is -1.89. The summed E-state index contributed by atoms with van der Waals surface area (Å²) in [6, 6.07) is 15.9. The number of halogens is 2. The molecule has 18 heavy (non-hydrogen) atoms. The van der Waals surface area contributed by atoms with E-state index < -0.39 is 5.24 Å². The molecule has 1 nitrogen and oxygen atoms in total. The molecule has 0 aliphatic carbocycles. The molecule has 0 unspecified atom stereocenters. The minimum atomic E-state index is -0.417. The first-order chi connectivity index (χ1) is 8.66. The van der Waals surface area contributed by atoms with E-state index in [9.17, 15) is 4.79 Å². The van der Waals surface area contributed by atoms with Crippen LogP contribution in [-0.4, -0.2) is 5.24 Å². The van der Waals surface area contributed by atoms with E-state index in [2.05, 4.69) is 40.8 Å². The van der Waals surface area contributed by atoms with Gasteiger partial charge in [0.1, 0.15) is 0 Å². The van der Waals surface area contributed by atoms with Crippen LogP contribution in [0.2, 0.25) is 0 Å². The average Bonchev–Trinajstić information content (AvgIpc) is 2.38. The molecule has 3 rings (SSSR count). The minimum Gasteiger partial charge on any atom is -0.276 e. The lowest BCUT2D eigenvalue weighted by Gasteiger charge is -2.07. The van der Waals surface area contributed by atoms with Crippen LogP contribution in [-0.2, 0) is 0 Å². The van der Waals surface area contributed by atoms with Crippen molar-refractivity contribution in [3.8, 4) is 0 Å². The largest absolute Gasteiger partial charge is 0.276 e. The first-order valence-corrected chi connectivity index (χ1v) is 6.93. The standard InChI is InChI=1S/C15H8ClIO/c16-15(18)10-6-5-9-8-14(17)12-4-2-1-3-11(12)13(9)7-10/h1-8H. The molecule has 0 aliphatic rings. The second kappa shape index (κ2) is 4.52. The van der Waals surface area contributed by atoms with Gasteiger partial charge in [0.2, 0.25) is 0 Å². The van der Waals surface area contributed by atoms with Crippen molar-refractivity contribution in [2.75, 3.05) is 0 Å². The molecular weight excluding hydrogens is 359 g/mol. The zero-order valence-corrected chi connectivity index (χ0v) is 12.2. The van der Waals surface area contributed by atoms with Gasteiger partial charge in [-0.25, -0.2) is 0 Å². The van der Waals surface area contributed by atoms with Crippen LogP contribution in [0.1, 0.15) is 10.4 Å². The number of benzene rings is 3. The Labute approximate surface area is 123 Å². The Kier molecular flexibility index (Phi) is 2.99. The van der Waals surface area contributed by atoms with Gasteiger partial charge >= 0.3 is 0 Å². The Bertz CT molecular complexity index is 780. The summed E-state index contributed by atoms with van der Waals surface area (Å²) in [7, 11) is 0. The van der Waals surface area contributed by atoms with Crippen molar-refractivity contribution in [1.29, 1.82) is 0 Å². The van der Waals surface area contributed by atoms with Crippen molar-refractivity contribution in [2.45, 2.75) is 0 Å². The van der Waals surface area contributed by atoms with Crippen molar-refractivity contribution < 1.29 is 4.79 Å². The Morgan fingerprint density at radius 3 is 2.39 bits per heavy atom. The highest BCUT2D eigenvalue weighted by Crippen LogP contribution is 2.30. The van der Waals surface area contributed by atoms with E-state index in [1.54, 1.807) is 6.07 Å². The van der Waals surface area contributed by atoms with Gasteiger partial charge in [0.05, 0.1) is 0 Å². The number of fused-ring (bicyclic) bond motifs is 3. The van der Waals surface area contributed by atoms with Crippen LogP contribution in [0, 0.1) is 3.57 Å². The van der Waals surface area contributed by atoms with Gasteiger partial charge in [-0.2, -0.15) is 0 Å². The van der Waals surface area contributed by atoms with Crippen molar-refractivity contribution in [1.82, 2.24) is 0 Å². The molecule has 0 saturated carbocycles. The van der Waals surface area contributed by atoms with Crippen molar-refractivity contribution >= 4 is 61.0 Å². The third-order valence-corrected chi connectivity index (χ3v) is 4.15. The van der Waals surface area contributed by atoms with E-state index in [4.69, 9.17) is 11.6 Å². The molecule has 0 heterocycles. The number of carbonyl (C=O) groups is 1. The number of hydrogen-bond donors (Lipinski definition) is 0. The topological polar surface area (TPSA) is 17.1 Å².